The number of oxazole rings is 1. The maximum atomic E-state index is 13.5. The number of halogens is 1. The van der Waals surface area contributed by atoms with Gasteiger partial charge in [0, 0.05) is 30.2 Å². The molecule has 2 aromatic heterocycles. The van der Waals surface area contributed by atoms with E-state index in [9.17, 15) is 9.18 Å². The second kappa shape index (κ2) is 11.2. The summed E-state index contributed by atoms with van der Waals surface area (Å²) in [5.74, 6) is -0.0871. The fraction of sp³-hybridized carbons (Fsp3) is 0.200. The average molecular weight is 497 g/mol. The Kier molecular flexibility index (Phi) is 7.42. The first-order valence-electron chi connectivity index (χ1n) is 12.4. The van der Waals surface area contributed by atoms with Crippen LogP contribution < -0.4 is 5.32 Å². The number of carbonyl (C=O) groups is 1. The molecule has 2 heterocycles. The third kappa shape index (κ3) is 6.13. The molecule has 0 aliphatic rings. The number of H-pyrrole nitrogens is 1. The lowest BCUT2D eigenvalue weighted by molar-refractivity contribution is 0.0934. The van der Waals surface area contributed by atoms with Gasteiger partial charge in [0.15, 0.2) is 5.69 Å². The van der Waals surface area contributed by atoms with E-state index in [1.807, 2.05) is 55.6 Å². The van der Waals surface area contributed by atoms with E-state index < -0.39 is 0 Å². The Morgan fingerprint density at radius 1 is 1.03 bits per heavy atom. The normalized spacial score (nSPS) is 12.2. The lowest BCUT2D eigenvalue weighted by Crippen LogP contribution is -2.27. The van der Waals surface area contributed by atoms with E-state index in [1.165, 1.54) is 29.3 Å². The van der Waals surface area contributed by atoms with Crippen LogP contribution in [0.1, 0.15) is 46.0 Å². The van der Waals surface area contributed by atoms with Gasteiger partial charge in [-0.3, -0.25) is 9.69 Å². The number of nitrogens with zero attached hydrogens (tertiary/aromatic N) is 2. The van der Waals surface area contributed by atoms with Crippen molar-refractivity contribution in [1.29, 1.82) is 0 Å². The van der Waals surface area contributed by atoms with Crippen molar-refractivity contribution in [2.45, 2.75) is 32.5 Å². The third-order valence-corrected chi connectivity index (χ3v) is 6.48. The first-order valence-corrected chi connectivity index (χ1v) is 12.4. The molecule has 5 aromatic rings. The molecule has 2 N–H and O–H groups in total. The van der Waals surface area contributed by atoms with E-state index in [0.717, 1.165) is 29.6 Å². The molecule has 3 aromatic carbocycles. The van der Waals surface area contributed by atoms with E-state index in [0.29, 0.717) is 19.0 Å². The minimum absolute atomic E-state index is 0.153. The van der Waals surface area contributed by atoms with Gasteiger partial charge in [-0.15, -0.1) is 0 Å². The number of nitrogens with one attached hydrogen (secondary N) is 2. The van der Waals surface area contributed by atoms with E-state index in [4.69, 9.17) is 4.42 Å². The van der Waals surface area contributed by atoms with Gasteiger partial charge >= 0.3 is 0 Å². The highest BCUT2D eigenvalue weighted by atomic mass is 19.1. The van der Waals surface area contributed by atoms with Gasteiger partial charge in [-0.25, -0.2) is 9.37 Å². The van der Waals surface area contributed by atoms with Crippen LogP contribution >= 0.6 is 0 Å². The van der Waals surface area contributed by atoms with Crippen LogP contribution in [-0.2, 0) is 19.5 Å². The van der Waals surface area contributed by atoms with Crippen LogP contribution in [-0.4, -0.2) is 27.3 Å². The predicted molar refractivity (Wildman–Crippen MR) is 141 cm³/mol. The summed E-state index contributed by atoms with van der Waals surface area (Å²) in [5, 5.41) is 4.17. The van der Waals surface area contributed by atoms with Gasteiger partial charge < -0.3 is 14.7 Å². The van der Waals surface area contributed by atoms with Crippen molar-refractivity contribution >= 4 is 16.8 Å². The minimum Gasteiger partial charge on any atom is -0.447 e. The van der Waals surface area contributed by atoms with Crippen LogP contribution in [0, 0.1) is 5.82 Å². The molecule has 0 aliphatic heterocycles. The molecule has 0 saturated carbocycles. The van der Waals surface area contributed by atoms with Crippen LogP contribution in [0.2, 0.25) is 0 Å². The van der Waals surface area contributed by atoms with E-state index in [2.05, 4.69) is 32.3 Å². The largest absolute Gasteiger partial charge is 0.447 e. The fourth-order valence-corrected chi connectivity index (χ4v) is 4.45. The van der Waals surface area contributed by atoms with E-state index in [-0.39, 0.29) is 23.5 Å². The van der Waals surface area contributed by atoms with Gasteiger partial charge in [-0.2, -0.15) is 0 Å². The summed E-state index contributed by atoms with van der Waals surface area (Å²) in [7, 11) is 0. The van der Waals surface area contributed by atoms with Crippen molar-refractivity contribution in [3.8, 4) is 0 Å². The minimum atomic E-state index is -0.282. The van der Waals surface area contributed by atoms with Gasteiger partial charge in [-0.05, 0) is 48.2 Å². The molecule has 0 aliphatic carbocycles. The predicted octanol–water partition coefficient (Wildman–Crippen LogP) is 6.03. The number of carbonyl (C=O) groups excluding carboxylic acids is 1. The Morgan fingerprint density at radius 3 is 2.59 bits per heavy atom. The molecule has 0 fully saturated rings. The first-order chi connectivity index (χ1) is 18.0. The highest BCUT2D eigenvalue weighted by Gasteiger charge is 2.18. The molecule has 1 unspecified atom stereocenters. The second-order valence-corrected chi connectivity index (χ2v) is 9.18. The molecule has 0 spiro atoms. The van der Waals surface area contributed by atoms with Crippen molar-refractivity contribution in [1.82, 2.24) is 20.2 Å². The fourth-order valence-electron chi connectivity index (χ4n) is 4.45. The number of aromatic nitrogens is 2. The molecule has 0 bridgehead atoms. The van der Waals surface area contributed by atoms with Crippen LogP contribution in [0.4, 0.5) is 4.39 Å². The number of para-hydroxylation sites is 1. The highest BCUT2D eigenvalue weighted by molar-refractivity contribution is 5.92. The number of hydrogen-bond acceptors (Lipinski definition) is 4. The standard InChI is InChI=1S/C30H29FN4O2/c1-21(23-7-3-2-4-8-23)33-30(36)28-20-37-29(34-28)19-35(18-22-11-13-25(31)14-12-22)16-15-24-17-32-27-10-6-5-9-26(24)27/h2-14,17,20-21,32H,15-16,18-19H2,1H3,(H,33,36). The maximum Gasteiger partial charge on any atom is 0.273 e. The van der Waals surface area contributed by atoms with Gasteiger partial charge in [-0.1, -0.05) is 60.7 Å². The summed E-state index contributed by atoms with van der Waals surface area (Å²) in [5.41, 5.74) is 4.58. The average Bonchev–Trinajstić information content (AvgIpc) is 3.56. The molecule has 188 valence electrons. The summed E-state index contributed by atoms with van der Waals surface area (Å²) < 4.78 is 19.1. The van der Waals surface area contributed by atoms with Crippen LogP contribution in [0.15, 0.2) is 95.7 Å². The molecule has 5 rings (SSSR count). The van der Waals surface area contributed by atoms with E-state index in [1.54, 1.807) is 12.1 Å². The second-order valence-electron chi connectivity index (χ2n) is 9.18. The molecular weight excluding hydrogens is 467 g/mol. The maximum absolute atomic E-state index is 13.5. The Hall–Kier alpha value is -4.23. The Balaban J connectivity index is 1.28. The number of aromatic amines is 1. The zero-order valence-corrected chi connectivity index (χ0v) is 20.7. The molecular formula is C30H29FN4O2. The molecule has 6 nitrogen and oxygen atoms in total. The van der Waals surface area contributed by atoms with Gasteiger partial charge in [0.1, 0.15) is 12.1 Å². The number of benzene rings is 3. The van der Waals surface area contributed by atoms with Gasteiger partial charge in [0.2, 0.25) is 5.89 Å². The Labute approximate surface area is 215 Å². The molecule has 0 radical (unpaired) electrons. The summed E-state index contributed by atoms with van der Waals surface area (Å²) in [4.78, 5) is 22.7. The van der Waals surface area contributed by atoms with Crippen molar-refractivity contribution in [2.24, 2.45) is 0 Å². The molecule has 1 atom stereocenters. The summed E-state index contributed by atoms with van der Waals surface area (Å²) >= 11 is 0. The molecule has 0 saturated heterocycles. The lowest BCUT2D eigenvalue weighted by atomic mass is 10.1. The summed E-state index contributed by atoms with van der Waals surface area (Å²) in [6, 6.07) is 24.3. The molecule has 37 heavy (non-hydrogen) atoms. The van der Waals surface area contributed by atoms with E-state index >= 15 is 0 Å². The Bertz CT molecular complexity index is 1460. The molecule has 7 heteroatoms. The van der Waals surface area contributed by atoms with Gasteiger partial charge in [0.25, 0.3) is 5.91 Å². The van der Waals surface area contributed by atoms with Crippen molar-refractivity contribution in [2.75, 3.05) is 6.54 Å². The zero-order chi connectivity index (χ0) is 25.6. The summed E-state index contributed by atoms with van der Waals surface area (Å²) in [6.45, 7) is 3.68. The van der Waals surface area contributed by atoms with Crippen LogP contribution in [0.3, 0.4) is 0 Å². The topological polar surface area (TPSA) is 74.2 Å². The van der Waals surface area contributed by atoms with Crippen molar-refractivity contribution in [3.63, 3.8) is 0 Å². The van der Waals surface area contributed by atoms with Crippen molar-refractivity contribution in [3.05, 3.63) is 125 Å². The Morgan fingerprint density at radius 2 is 1.78 bits per heavy atom. The highest BCUT2D eigenvalue weighted by Crippen LogP contribution is 2.20. The monoisotopic (exact) mass is 496 g/mol. The summed E-state index contributed by atoms with van der Waals surface area (Å²) in [6.07, 6.45) is 4.26. The number of fused-ring (bicyclic) bond motifs is 1. The third-order valence-electron chi connectivity index (χ3n) is 6.48. The smallest absolute Gasteiger partial charge is 0.273 e. The quantitative estimate of drug-likeness (QED) is 0.248. The first kappa shape index (κ1) is 24.5. The number of hydrogen-bond donors (Lipinski definition) is 2. The van der Waals surface area contributed by atoms with Crippen LogP contribution in [0.5, 0.6) is 0 Å². The zero-order valence-electron chi connectivity index (χ0n) is 20.7. The van der Waals surface area contributed by atoms with Crippen molar-refractivity contribution < 1.29 is 13.6 Å². The number of amides is 1. The van der Waals surface area contributed by atoms with Gasteiger partial charge in [0.05, 0.1) is 12.6 Å². The molecule has 1 amide bonds. The lowest BCUT2D eigenvalue weighted by Gasteiger charge is -2.21. The number of rotatable bonds is 10. The SMILES string of the molecule is CC(NC(=O)c1coc(CN(CCc2c[nH]c3ccccc23)Cc2ccc(F)cc2)n1)c1ccccc1. The van der Waals surface area contributed by atoms with Crippen LogP contribution in [0.25, 0.3) is 10.9 Å².